The Morgan fingerprint density at radius 3 is 3.10 bits per heavy atom. The molecular formula is C7H14N2O. The summed E-state index contributed by atoms with van der Waals surface area (Å²) in [4.78, 5) is 12.3. The fourth-order valence-electron chi connectivity index (χ4n) is 1.29. The second kappa shape index (κ2) is 3.56. The van der Waals surface area contributed by atoms with Crippen LogP contribution < -0.4 is 5.32 Å². The third kappa shape index (κ3) is 1.48. The molecule has 1 aliphatic rings. The molecule has 0 aromatic rings. The van der Waals surface area contributed by atoms with Crippen LogP contribution in [-0.2, 0) is 4.79 Å². The van der Waals surface area contributed by atoms with Gasteiger partial charge in [-0.1, -0.05) is 6.92 Å². The topological polar surface area (TPSA) is 32.3 Å². The zero-order chi connectivity index (χ0) is 7.40. The Morgan fingerprint density at radius 2 is 2.60 bits per heavy atom. The summed E-state index contributed by atoms with van der Waals surface area (Å²) in [6.07, 6.45) is 2.00. The van der Waals surface area contributed by atoms with Crippen molar-refractivity contribution in [2.75, 3.05) is 19.6 Å². The largest absolute Gasteiger partial charge is 0.340 e. The molecular weight excluding hydrogens is 128 g/mol. The van der Waals surface area contributed by atoms with Crippen LogP contribution in [0.5, 0.6) is 0 Å². The van der Waals surface area contributed by atoms with Crippen molar-refractivity contribution >= 4 is 6.41 Å². The Hall–Kier alpha value is -0.570. The first-order valence-electron chi connectivity index (χ1n) is 3.80. The fraction of sp³-hybridized carbons (Fsp3) is 0.857. The van der Waals surface area contributed by atoms with E-state index in [1.807, 2.05) is 4.90 Å². The Morgan fingerprint density at radius 1 is 1.80 bits per heavy atom. The van der Waals surface area contributed by atoms with Crippen molar-refractivity contribution in [1.29, 1.82) is 0 Å². The van der Waals surface area contributed by atoms with Gasteiger partial charge in [0.1, 0.15) is 0 Å². The number of nitrogens with zero attached hydrogens (tertiary/aromatic N) is 1. The molecule has 1 atom stereocenters. The van der Waals surface area contributed by atoms with Crippen LogP contribution >= 0.6 is 0 Å². The summed E-state index contributed by atoms with van der Waals surface area (Å²) in [6.45, 7) is 4.86. The molecule has 1 heterocycles. The average Bonchev–Trinajstić information content (AvgIpc) is 2.04. The maximum absolute atomic E-state index is 10.4. The lowest BCUT2D eigenvalue weighted by atomic mass is 10.1. The Kier molecular flexibility index (Phi) is 2.68. The van der Waals surface area contributed by atoms with Crippen LogP contribution in [0.3, 0.4) is 0 Å². The normalized spacial score (nSPS) is 26.5. The van der Waals surface area contributed by atoms with Crippen molar-refractivity contribution in [1.82, 2.24) is 10.2 Å². The second-order valence-electron chi connectivity index (χ2n) is 2.61. The number of hydrogen-bond donors (Lipinski definition) is 1. The molecule has 1 fully saturated rings. The molecule has 1 rings (SSSR count). The number of piperazine rings is 1. The van der Waals surface area contributed by atoms with Gasteiger partial charge in [-0.2, -0.15) is 0 Å². The molecule has 1 saturated heterocycles. The van der Waals surface area contributed by atoms with E-state index in [4.69, 9.17) is 0 Å². The van der Waals surface area contributed by atoms with Crippen LogP contribution in [0.4, 0.5) is 0 Å². The van der Waals surface area contributed by atoms with Gasteiger partial charge in [-0.05, 0) is 6.42 Å². The van der Waals surface area contributed by atoms with Crippen LogP contribution in [0.2, 0.25) is 0 Å². The summed E-state index contributed by atoms with van der Waals surface area (Å²) in [5, 5.41) is 3.25. The summed E-state index contributed by atoms with van der Waals surface area (Å²) in [6, 6.07) is 0.422. The van der Waals surface area contributed by atoms with Gasteiger partial charge in [0.05, 0.1) is 0 Å². The smallest absolute Gasteiger partial charge is 0.210 e. The highest BCUT2D eigenvalue weighted by Gasteiger charge is 2.17. The van der Waals surface area contributed by atoms with E-state index in [9.17, 15) is 4.79 Å². The standard InChI is InChI=1S/C7H14N2O/c1-2-7-5-8-3-4-9(7)6-10/h6-8H,2-5H2,1H3. The van der Waals surface area contributed by atoms with Crippen LogP contribution in [0.15, 0.2) is 0 Å². The number of carbonyl (C=O) groups excluding carboxylic acids is 1. The predicted molar refractivity (Wildman–Crippen MR) is 39.7 cm³/mol. The molecule has 0 radical (unpaired) electrons. The second-order valence-corrected chi connectivity index (χ2v) is 2.61. The van der Waals surface area contributed by atoms with Gasteiger partial charge in [-0.25, -0.2) is 0 Å². The Bertz CT molecular complexity index is 116. The van der Waals surface area contributed by atoms with Crippen molar-refractivity contribution in [3.8, 4) is 0 Å². The lowest BCUT2D eigenvalue weighted by Gasteiger charge is -2.32. The molecule has 1 amide bonds. The molecule has 1 aliphatic heterocycles. The van der Waals surface area contributed by atoms with Gasteiger partial charge in [0.2, 0.25) is 6.41 Å². The van der Waals surface area contributed by atoms with E-state index < -0.39 is 0 Å². The number of nitrogens with one attached hydrogen (secondary N) is 1. The Balaban J connectivity index is 2.41. The van der Waals surface area contributed by atoms with E-state index in [-0.39, 0.29) is 0 Å². The third-order valence-corrected chi connectivity index (χ3v) is 2.00. The number of rotatable bonds is 2. The third-order valence-electron chi connectivity index (χ3n) is 2.00. The van der Waals surface area contributed by atoms with Crippen molar-refractivity contribution < 1.29 is 4.79 Å². The molecule has 1 N–H and O–H groups in total. The van der Waals surface area contributed by atoms with Gasteiger partial charge in [0, 0.05) is 25.7 Å². The molecule has 3 nitrogen and oxygen atoms in total. The first-order valence-corrected chi connectivity index (χ1v) is 3.80. The summed E-state index contributed by atoms with van der Waals surface area (Å²) in [7, 11) is 0. The molecule has 0 aliphatic carbocycles. The molecule has 1 unspecified atom stereocenters. The van der Waals surface area contributed by atoms with Crippen molar-refractivity contribution in [3.05, 3.63) is 0 Å². The van der Waals surface area contributed by atoms with Crippen molar-refractivity contribution in [2.24, 2.45) is 0 Å². The average molecular weight is 142 g/mol. The van der Waals surface area contributed by atoms with Gasteiger partial charge < -0.3 is 10.2 Å². The summed E-state index contributed by atoms with van der Waals surface area (Å²) >= 11 is 0. The highest BCUT2D eigenvalue weighted by Crippen LogP contribution is 2.02. The van der Waals surface area contributed by atoms with E-state index in [0.29, 0.717) is 6.04 Å². The van der Waals surface area contributed by atoms with Crippen LogP contribution in [0.25, 0.3) is 0 Å². The first-order chi connectivity index (χ1) is 4.88. The number of hydrogen-bond acceptors (Lipinski definition) is 2. The van der Waals surface area contributed by atoms with Gasteiger partial charge in [0.15, 0.2) is 0 Å². The zero-order valence-corrected chi connectivity index (χ0v) is 6.34. The Labute approximate surface area is 61.4 Å². The van der Waals surface area contributed by atoms with E-state index in [1.165, 1.54) is 0 Å². The van der Waals surface area contributed by atoms with Crippen molar-refractivity contribution in [2.45, 2.75) is 19.4 Å². The molecule has 0 bridgehead atoms. The highest BCUT2D eigenvalue weighted by molar-refractivity contribution is 5.48. The highest BCUT2D eigenvalue weighted by atomic mass is 16.1. The maximum Gasteiger partial charge on any atom is 0.210 e. The zero-order valence-electron chi connectivity index (χ0n) is 6.34. The summed E-state index contributed by atoms with van der Waals surface area (Å²) in [5.74, 6) is 0. The number of carbonyl (C=O) groups is 1. The molecule has 3 heteroatoms. The van der Waals surface area contributed by atoms with Gasteiger partial charge in [-0.3, -0.25) is 4.79 Å². The molecule has 0 spiro atoms. The summed E-state index contributed by atoms with van der Waals surface area (Å²) in [5.41, 5.74) is 0. The van der Waals surface area contributed by atoms with E-state index in [1.54, 1.807) is 0 Å². The molecule has 0 aromatic heterocycles. The number of amides is 1. The SMILES string of the molecule is CCC1CNCCN1C=O. The molecule has 10 heavy (non-hydrogen) atoms. The van der Waals surface area contributed by atoms with E-state index in [2.05, 4.69) is 12.2 Å². The van der Waals surface area contributed by atoms with Crippen LogP contribution in [0, 0.1) is 0 Å². The minimum atomic E-state index is 0.422. The quantitative estimate of drug-likeness (QED) is 0.543. The minimum absolute atomic E-state index is 0.422. The van der Waals surface area contributed by atoms with E-state index >= 15 is 0 Å². The molecule has 58 valence electrons. The lowest BCUT2D eigenvalue weighted by molar-refractivity contribution is -0.121. The van der Waals surface area contributed by atoms with Gasteiger partial charge in [-0.15, -0.1) is 0 Å². The summed E-state index contributed by atoms with van der Waals surface area (Å²) < 4.78 is 0. The van der Waals surface area contributed by atoms with Crippen molar-refractivity contribution in [3.63, 3.8) is 0 Å². The fourth-order valence-corrected chi connectivity index (χ4v) is 1.29. The van der Waals surface area contributed by atoms with Gasteiger partial charge in [0.25, 0.3) is 0 Å². The van der Waals surface area contributed by atoms with E-state index in [0.717, 1.165) is 32.5 Å². The molecule has 0 saturated carbocycles. The van der Waals surface area contributed by atoms with Crippen LogP contribution in [-0.4, -0.2) is 37.0 Å². The maximum atomic E-state index is 10.4. The lowest BCUT2D eigenvalue weighted by Crippen LogP contribution is -2.50. The first kappa shape index (κ1) is 7.54. The monoisotopic (exact) mass is 142 g/mol. The van der Waals surface area contributed by atoms with Crippen LogP contribution in [0.1, 0.15) is 13.3 Å². The predicted octanol–water partition coefficient (Wildman–Crippen LogP) is -0.173. The minimum Gasteiger partial charge on any atom is -0.340 e. The molecule has 0 aromatic carbocycles. The van der Waals surface area contributed by atoms with Gasteiger partial charge >= 0.3 is 0 Å².